The molecular formula is C8H6N4Zn. The van der Waals surface area contributed by atoms with E-state index in [0.717, 1.165) is 0 Å². The molecule has 0 aliphatic carbocycles. The van der Waals surface area contributed by atoms with Gasteiger partial charge in [-0.2, -0.15) is 22.3 Å². The largest absolute Gasteiger partial charge is 2.00 e. The van der Waals surface area contributed by atoms with Crippen LogP contribution in [0.1, 0.15) is 0 Å². The third kappa shape index (κ3) is 7.15. The van der Waals surface area contributed by atoms with E-state index in [0.29, 0.717) is 0 Å². The smallest absolute Gasteiger partial charge is 0.268 e. The molecule has 0 saturated heterocycles. The fraction of sp³-hybridized carbons (Fsp3) is 0. The fourth-order valence-corrected chi connectivity index (χ4v) is 0.449. The van der Waals surface area contributed by atoms with Crippen LogP contribution in [-0.2, 0) is 19.5 Å². The number of hydrogen-bond donors (Lipinski definition) is 0. The van der Waals surface area contributed by atoms with E-state index in [2.05, 4.69) is 32.8 Å². The Balaban J connectivity index is 0.000000206. The van der Waals surface area contributed by atoms with Crippen molar-refractivity contribution in [1.82, 2.24) is 20.4 Å². The molecule has 5 heteroatoms. The summed E-state index contributed by atoms with van der Waals surface area (Å²) in [6.45, 7) is 0. The molecule has 13 heavy (non-hydrogen) atoms. The monoisotopic (exact) mass is 222 g/mol. The Labute approximate surface area is 89.2 Å². The molecule has 0 amide bonds. The summed E-state index contributed by atoms with van der Waals surface area (Å²) in [4.78, 5) is 0. The molecule has 0 spiro atoms. The quantitative estimate of drug-likeness (QED) is 0.484. The van der Waals surface area contributed by atoms with E-state index in [9.17, 15) is 0 Å². The molecule has 0 unspecified atom stereocenters. The third-order valence-electron chi connectivity index (χ3n) is 0.878. The van der Waals surface area contributed by atoms with Gasteiger partial charge in [-0.05, 0) is 12.4 Å². The van der Waals surface area contributed by atoms with Gasteiger partial charge in [0, 0.05) is 0 Å². The van der Waals surface area contributed by atoms with Gasteiger partial charge < -0.3 is 0 Å². The summed E-state index contributed by atoms with van der Waals surface area (Å²) in [5.41, 5.74) is 0. The maximum Gasteiger partial charge on any atom is 2.00 e. The van der Waals surface area contributed by atoms with Crippen LogP contribution in [0.4, 0.5) is 0 Å². The molecule has 0 bridgehead atoms. The summed E-state index contributed by atoms with van der Waals surface area (Å²) in [6, 6.07) is 6.94. The van der Waals surface area contributed by atoms with Crippen LogP contribution < -0.4 is 0 Å². The zero-order valence-corrected chi connectivity index (χ0v) is 9.93. The van der Waals surface area contributed by atoms with Crippen molar-refractivity contribution in [2.45, 2.75) is 0 Å². The molecule has 0 aliphatic heterocycles. The van der Waals surface area contributed by atoms with Crippen LogP contribution in [-0.4, -0.2) is 20.4 Å². The number of hydrogen-bond acceptors (Lipinski definition) is 4. The zero-order chi connectivity index (χ0) is 8.49. The molecule has 0 atom stereocenters. The first-order valence-electron chi connectivity index (χ1n) is 3.27. The van der Waals surface area contributed by atoms with Gasteiger partial charge in [0.15, 0.2) is 0 Å². The van der Waals surface area contributed by atoms with Crippen molar-refractivity contribution in [1.29, 1.82) is 0 Å². The first kappa shape index (κ1) is 11.8. The molecule has 4 nitrogen and oxygen atoms in total. The summed E-state index contributed by atoms with van der Waals surface area (Å²) in [7, 11) is 0. The maximum atomic E-state index is 3.48. The van der Waals surface area contributed by atoms with Gasteiger partial charge in [-0.1, -0.05) is 0 Å². The molecule has 0 fully saturated rings. The van der Waals surface area contributed by atoms with Crippen LogP contribution in [0.15, 0.2) is 36.7 Å². The third-order valence-corrected chi connectivity index (χ3v) is 0.878. The number of nitrogens with zero attached hydrogens (tertiary/aromatic N) is 4. The van der Waals surface area contributed by atoms with Gasteiger partial charge in [0.25, 0.3) is 0 Å². The van der Waals surface area contributed by atoms with Gasteiger partial charge in [-0.3, -0.25) is 10.2 Å². The fourth-order valence-electron chi connectivity index (χ4n) is 0.449. The van der Waals surface area contributed by atoms with Crippen LogP contribution in [0.25, 0.3) is 0 Å². The molecular weight excluding hydrogens is 218 g/mol. The molecule has 2 aromatic rings. The van der Waals surface area contributed by atoms with Crippen molar-refractivity contribution in [3.8, 4) is 0 Å². The zero-order valence-electron chi connectivity index (χ0n) is 6.96. The second-order valence-electron chi connectivity index (χ2n) is 1.71. The maximum absolute atomic E-state index is 3.48. The molecule has 0 aromatic carbocycles. The van der Waals surface area contributed by atoms with Gasteiger partial charge in [-0.15, -0.1) is 12.4 Å². The molecule has 2 rings (SSSR count). The van der Waals surface area contributed by atoms with Crippen molar-refractivity contribution in [2.24, 2.45) is 0 Å². The van der Waals surface area contributed by atoms with Crippen molar-refractivity contribution < 1.29 is 19.5 Å². The van der Waals surface area contributed by atoms with E-state index >= 15 is 0 Å². The molecule has 2 heterocycles. The van der Waals surface area contributed by atoms with Crippen LogP contribution in [0.3, 0.4) is 0 Å². The average molecular weight is 224 g/mol. The normalized spacial score (nSPS) is 7.38. The summed E-state index contributed by atoms with van der Waals surface area (Å²) in [6.07, 6.45) is 8.28. The van der Waals surface area contributed by atoms with Gasteiger partial charge in [0.1, 0.15) is 0 Å². The van der Waals surface area contributed by atoms with E-state index in [1.165, 1.54) is 0 Å². The van der Waals surface area contributed by atoms with Crippen LogP contribution in [0.2, 0.25) is 0 Å². The summed E-state index contributed by atoms with van der Waals surface area (Å²) >= 11 is 0. The number of rotatable bonds is 0. The Morgan fingerprint density at radius 2 is 1.23 bits per heavy atom. The minimum atomic E-state index is 0. The molecule has 0 aliphatic rings. The molecule has 60 valence electrons. The van der Waals surface area contributed by atoms with Crippen molar-refractivity contribution >= 4 is 0 Å². The molecule has 0 saturated carbocycles. The first-order chi connectivity index (χ1) is 6.00. The standard InChI is InChI=1S/2C4H3N2.Zn/c2*1-2-4-6-5-3-1;/h2*1-3H;/q2*-1;+2. The predicted octanol–water partition coefficient (Wildman–Crippen LogP) is 0.551. The molecule has 0 N–H and O–H groups in total. The van der Waals surface area contributed by atoms with Gasteiger partial charge in [-0.25, -0.2) is 12.1 Å². The summed E-state index contributed by atoms with van der Waals surface area (Å²) in [5.74, 6) is 0. The Hall–Kier alpha value is -1.22. The van der Waals surface area contributed by atoms with Crippen molar-refractivity contribution in [3.05, 3.63) is 49.1 Å². The second-order valence-corrected chi connectivity index (χ2v) is 1.71. The topological polar surface area (TPSA) is 51.6 Å². The second kappa shape index (κ2) is 8.88. The first-order valence-corrected chi connectivity index (χ1v) is 3.27. The van der Waals surface area contributed by atoms with Crippen molar-refractivity contribution in [2.75, 3.05) is 0 Å². The average Bonchev–Trinajstić information content (AvgIpc) is 2.24. The van der Waals surface area contributed by atoms with Crippen LogP contribution in [0, 0.1) is 12.4 Å². The van der Waals surface area contributed by atoms with E-state index in [1.807, 2.05) is 0 Å². The van der Waals surface area contributed by atoms with E-state index in [-0.39, 0.29) is 19.5 Å². The van der Waals surface area contributed by atoms with Crippen LogP contribution in [0.5, 0.6) is 0 Å². The summed E-state index contributed by atoms with van der Waals surface area (Å²) in [5, 5.41) is 13.8. The van der Waals surface area contributed by atoms with E-state index < -0.39 is 0 Å². The Bertz CT molecular complexity index is 192. The van der Waals surface area contributed by atoms with E-state index in [1.54, 1.807) is 36.7 Å². The Kier molecular flexibility index (Phi) is 8.05. The van der Waals surface area contributed by atoms with E-state index in [4.69, 9.17) is 0 Å². The van der Waals surface area contributed by atoms with Crippen LogP contribution >= 0.6 is 0 Å². The van der Waals surface area contributed by atoms with Gasteiger partial charge in [0.2, 0.25) is 0 Å². The SMILES string of the molecule is [Zn+2].[c-]1cccnn1.[c-]1cccnn1. The Morgan fingerprint density at radius 1 is 0.769 bits per heavy atom. The Morgan fingerprint density at radius 3 is 1.31 bits per heavy atom. The van der Waals surface area contributed by atoms with Gasteiger partial charge >= 0.3 is 19.5 Å². The summed E-state index contributed by atoms with van der Waals surface area (Å²) < 4.78 is 0. The van der Waals surface area contributed by atoms with Gasteiger partial charge in [0.05, 0.1) is 0 Å². The number of aromatic nitrogens is 4. The molecule has 2 aromatic heterocycles. The predicted molar refractivity (Wildman–Crippen MR) is 41.7 cm³/mol. The minimum Gasteiger partial charge on any atom is -0.268 e. The molecule has 0 radical (unpaired) electrons. The van der Waals surface area contributed by atoms with Crippen molar-refractivity contribution in [3.63, 3.8) is 0 Å². The minimum absolute atomic E-state index is 0.